The van der Waals surface area contributed by atoms with Crippen molar-refractivity contribution in [1.29, 1.82) is 0 Å². The normalized spacial score (nSPS) is 17.4. The molecule has 0 spiro atoms. The van der Waals surface area contributed by atoms with Crippen LogP contribution < -0.4 is 15.0 Å². The average molecular weight is 370 g/mol. The van der Waals surface area contributed by atoms with Crippen molar-refractivity contribution in [2.75, 3.05) is 23.9 Å². The highest BCUT2D eigenvalue weighted by Gasteiger charge is 2.31. The Labute approximate surface area is 155 Å². The highest BCUT2D eigenvalue weighted by atomic mass is 19.1. The van der Waals surface area contributed by atoms with Crippen molar-refractivity contribution in [2.45, 2.75) is 18.9 Å². The largest absolute Gasteiger partial charge is 0.494 e. The van der Waals surface area contributed by atoms with Crippen molar-refractivity contribution in [3.8, 4) is 5.75 Å². The molecule has 1 amide bonds. The van der Waals surface area contributed by atoms with Gasteiger partial charge in [0.15, 0.2) is 17.4 Å². The minimum absolute atomic E-state index is 0.0687. The summed E-state index contributed by atoms with van der Waals surface area (Å²) in [5, 5.41) is 8.11. The van der Waals surface area contributed by atoms with E-state index in [1.807, 2.05) is 13.1 Å². The van der Waals surface area contributed by atoms with Gasteiger partial charge in [-0.1, -0.05) is 0 Å². The quantitative estimate of drug-likeness (QED) is 0.757. The van der Waals surface area contributed by atoms with Crippen LogP contribution in [0.4, 0.5) is 16.0 Å². The minimum atomic E-state index is -0.496. The van der Waals surface area contributed by atoms with Crippen molar-refractivity contribution in [1.82, 2.24) is 19.7 Å². The number of methoxy groups -OCH3 is 1. The predicted molar refractivity (Wildman–Crippen MR) is 98.3 cm³/mol. The molecule has 0 radical (unpaired) electrons. The summed E-state index contributed by atoms with van der Waals surface area (Å²) < 4.78 is 20.7. The fourth-order valence-electron chi connectivity index (χ4n) is 3.28. The second kappa shape index (κ2) is 6.82. The molecule has 0 bridgehead atoms. The Balaban J connectivity index is 1.64. The Morgan fingerprint density at radius 1 is 1.33 bits per heavy atom. The zero-order valence-electron chi connectivity index (χ0n) is 15.0. The van der Waals surface area contributed by atoms with E-state index in [4.69, 9.17) is 4.74 Å². The van der Waals surface area contributed by atoms with Gasteiger partial charge in [-0.2, -0.15) is 5.10 Å². The van der Waals surface area contributed by atoms with Gasteiger partial charge in [-0.3, -0.25) is 14.4 Å². The van der Waals surface area contributed by atoms with Gasteiger partial charge in [0.05, 0.1) is 12.6 Å². The molecule has 1 unspecified atom stereocenters. The Kier molecular flexibility index (Phi) is 4.35. The lowest BCUT2D eigenvalue weighted by atomic mass is 10.0. The minimum Gasteiger partial charge on any atom is -0.494 e. The number of aryl methyl sites for hydroxylation is 1. The lowest BCUT2D eigenvalue weighted by molar-refractivity contribution is -0.120. The van der Waals surface area contributed by atoms with Gasteiger partial charge in [-0.05, 0) is 18.9 Å². The number of amides is 1. The standard InChI is InChI=1S/C18H19FN6O2/c1-24-7-5-16(23-24)25-6-3-4-13(18(25)26)22-17-11-8-15(27-2)12(19)9-14(11)20-10-21-17/h5,7-10,13H,3-4,6H2,1-2H3,(H,20,21,22). The highest BCUT2D eigenvalue weighted by molar-refractivity contribution is 6.00. The van der Waals surface area contributed by atoms with Gasteiger partial charge in [-0.15, -0.1) is 0 Å². The van der Waals surface area contributed by atoms with Crippen LogP contribution in [0.25, 0.3) is 10.9 Å². The summed E-state index contributed by atoms with van der Waals surface area (Å²) in [5.74, 6) is 0.640. The average Bonchev–Trinajstić information content (AvgIpc) is 3.09. The van der Waals surface area contributed by atoms with Gasteiger partial charge in [0.1, 0.15) is 18.2 Å². The summed E-state index contributed by atoms with van der Waals surface area (Å²) in [5.41, 5.74) is 0.440. The first-order chi connectivity index (χ1) is 13.1. The fourth-order valence-corrected chi connectivity index (χ4v) is 3.28. The predicted octanol–water partition coefficient (Wildman–Crippen LogP) is 2.12. The highest BCUT2D eigenvalue weighted by Crippen LogP contribution is 2.29. The number of piperidine rings is 1. The van der Waals surface area contributed by atoms with Crippen LogP contribution in [0.2, 0.25) is 0 Å². The summed E-state index contributed by atoms with van der Waals surface area (Å²) >= 11 is 0. The van der Waals surface area contributed by atoms with E-state index in [0.717, 1.165) is 6.42 Å². The van der Waals surface area contributed by atoms with Crippen LogP contribution in [0.3, 0.4) is 0 Å². The fraction of sp³-hybridized carbons (Fsp3) is 0.333. The number of nitrogens with one attached hydrogen (secondary N) is 1. The number of halogens is 1. The van der Waals surface area contributed by atoms with Gasteiger partial charge < -0.3 is 10.1 Å². The number of rotatable bonds is 4. The summed E-state index contributed by atoms with van der Waals surface area (Å²) in [6.07, 6.45) is 4.66. The van der Waals surface area contributed by atoms with Crippen molar-refractivity contribution < 1.29 is 13.9 Å². The Morgan fingerprint density at radius 3 is 2.93 bits per heavy atom. The molecule has 1 saturated heterocycles. The molecule has 2 aromatic heterocycles. The van der Waals surface area contributed by atoms with Crippen molar-refractivity contribution in [2.24, 2.45) is 7.05 Å². The van der Waals surface area contributed by atoms with E-state index in [-0.39, 0.29) is 11.7 Å². The monoisotopic (exact) mass is 370 g/mol. The smallest absolute Gasteiger partial charge is 0.250 e. The third-order valence-electron chi connectivity index (χ3n) is 4.63. The topological polar surface area (TPSA) is 85.2 Å². The first-order valence-electron chi connectivity index (χ1n) is 8.62. The van der Waals surface area contributed by atoms with Gasteiger partial charge >= 0.3 is 0 Å². The Hall–Kier alpha value is -3.23. The molecular weight excluding hydrogens is 351 g/mol. The van der Waals surface area contributed by atoms with E-state index in [9.17, 15) is 9.18 Å². The van der Waals surface area contributed by atoms with Crippen LogP contribution in [0.15, 0.2) is 30.7 Å². The third-order valence-corrected chi connectivity index (χ3v) is 4.63. The zero-order valence-corrected chi connectivity index (χ0v) is 15.0. The van der Waals surface area contributed by atoms with Crippen LogP contribution in [0.5, 0.6) is 5.75 Å². The van der Waals surface area contributed by atoms with Gasteiger partial charge in [0, 0.05) is 37.3 Å². The first kappa shape index (κ1) is 17.2. The van der Waals surface area contributed by atoms with Crippen molar-refractivity contribution in [3.05, 3.63) is 36.5 Å². The molecule has 1 aromatic carbocycles. The lowest BCUT2D eigenvalue weighted by Crippen LogP contribution is -2.48. The van der Waals surface area contributed by atoms with Gasteiger partial charge in [-0.25, -0.2) is 14.4 Å². The number of anilines is 2. The molecular formula is C18H19FN6O2. The zero-order chi connectivity index (χ0) is 19.0. The molecule has 0 aliphatic carbocycles. The molecule has 1 atom stereocenters. The lowest BCUT2D eigenvalue weighted by Gasteiger charge is -2.31. The van der Waals surface area contributed by atoms with Crippen LogP contribution in [-0.4, -0.2) is 45.4 Å². The maximum absolute atomic E-state index is 13.9. The van der Waals surface area contributed by atoms with Crippen LogP contribution in [-0.2, 0) is 11.8 Å². The molecule has 1 aliphatic heterocycles. The second-order valence-electron chi connectivity index (χ2n) is 6.40. The first-order valence-corrected chi connectivity index (χ1v) is 8.62. The number of hydrogen-bond donors (Lipinski definition) is 1. The Morgan fingerprint density at radius 2 is 2.19 bits per heavy atom. The number of benzene rings is 1. The van der Waals surface area contributed by atoms with E-state index in [1.165, 1.54) is 25.6 Å². The molecule has 0 saturated carbocycles. The number of carbonyl (C=O) groups is 1. The summed E-state index contributed by atoms with van der Waals surface area (Å²) in [6.45, 7) is 0.623. The third kappa shape index (κ3) is 3.16. The maximum Gasteiger partial charge on any atom is 0.250 e. The molecule has 140 valence electrons. The number of ether oxygens (including phenoxy) is 1. The van der Waals surface area contributed by atoms with E-state index >= 15 is 0 Å². The van der Waals surface area contributed by atoms with E-state index < -0.39 is 11.9 Å². The summed E-state index contributed by atoms with van der Waals surface area (Å²) in [4.78, 5) is 23.0. The molecule has 1 N–H and O–H groups in total. The van der Waals surface area contributed by atoms with E-state index in [1.54, 1.807) is 15.8 Å². The number of aromatic nitrogens is 4. The molecule has 1 fully saturated rings. The molecule has 9 heteroatoms. The van der Waals surface area contributed by atoms with Gasteiger partial charge in [0.2, 0.25) is 0 Å². The maximum atomic E-state index is 13.9. The molecule has 1 aliphatic rings. The number of hydrogen-bond acceptors (Lipinski definition) is 6. The summed E-state index contributed by atoms with van der Waals surface area (Å²) in [6, 6.07) is 4.20. The molecule has 3 aromatic rings. The second-order valence-corrected chi connectivity index (χ2v) is 6.40. The molecule has 4 rings (SSSR count). The van der Waals surface area contributed by atoms with Crippen LogP contribution in [0.1, 0.15) is 12.8 Å². The van der Waals surface area contributed by atoms with E-state index in [2.05, 4.69) is 20.4 Å². The summed E-state index contributed by atoms with van der Waals surface area (Å²) in [7, 11) is 3.21. The van der Waals surface area contributed by atoms with Crippen LogP contribution in [0, 0.1) is 5.82 Å². The molecule has 8 nitrogen and oxygen atoms in total. The van der Waals surface area contributed by atoms with Crippen molar-refractivity contribution >= 4 is 28.4 Å². The Bertz CT molecular complexity index is 1000. The van der Waals surface area contributed by atoms with Crippen LogP contribution >= 0.6 is 0 Å². The molecule has 3 heterocycles. The van der Waals surface area contributed by atoms with Gasteiger partial charge in [0.25, 0.3) is 5.91 Å². The number of carbonyl (C=O) groups excluding carboxylic acids is 1. The molecule has 27 heavy (non-hydrogen) atoms. The van der Waals surface area contributed by atoms with E-state index in [0.29, 0.717) is 35.5 Å². The van der Waals surface area contributed by atoms with Crippen molar-refractivity contribution in [3.63, 3.8) is 0 Å². The number of nitrogens with zero attached hydrogens (tertiary/aromatic N) is 5. The SMILES string of the molecule is COc1cc2c(NC3CCCN(c4ccn(C)n4)C3=O)ncnc2cc1F. The number of fused-ring (bicyclic) bond motifs is 1.